The number of sulfonamides is 1. The van der Waals surface area contributed by atoms with Gasteiger partial charge in [-0.2, -0.15) is 9.64 Å². The van der Waals surface area contributed by atoms with Crippen LogP contribution in [0.15, 0.2) is 35.2 Å². The summed E-state index contributed by atoms with van der Waals surface area (Å²) in [6, 6.07) is 10.3. The molecule has 0 spiro atoms. The van der Waals surface area contributed by atoms with Crippen molar-refractivity contribution in [3.05, 3.63) is 41.0 Å². The summed E-state index contributed by atoms with van der Waals surface area (Å²) in [5.41, 5.74) is 0.394. The van der Waals surface area contributed by atoms with Crippen molar-refractivity contribution in [2.45, 2.75) is 23.8 Å². The Morgan fingerprint density at radius 3 is 2.58 bits per heavy atom. The number of aromatic nitrogens is 1. The summed E-state index contributed by atoms with van der Waals surface area (Å²) < 4.78 is 31.5. The Labute approximate surface area is 149 Å². The molecule has 1 aromatic heterocycles. The summed E-state index contributed by atoms with van der Waals surface area (Å²) in [7, 11) is -3.50. The monoisotopic (exact) mass is 382 g/mol. The normalized spacial score (nSPS) is 16.1. The first-order chi connectivity index (χ1) is 11.5. The highest BCUT2D eigenvalue weighted by molar-refractivity contribution is 7.89. The minimum atomic E-state index is -3.50. The van der Waals surface area contributed by atoms with Crippen LogP contribution in [0, 0.1) is 11.3 Å². The van der Waals surface area contributed by atoms with Gasteiger partial charge in [0.1, 0.15) is 16.6 Å². The number of anilines is 1. The minimum Gasteiger partial charge on any atom is -0.361 e. The molecule has 1 aromatic carbocycles. The van der Waals surface area contributed by atoms with E-state index in [4.69, 9.17) is 16.9 Å². The summed E-state index contributed by atoms with van der Waals surface area (Å²) in [4.78, 5) is 2.31. The van der Waals surface area contributed by atoms with Crippen LogP contribution < -0.4 is 9.62 Å². The Balaban J connectivity index is 1.65. The molecule has 2 heterocycles. The van der Waals surface area contributed by atoms with Crippen LogP contribution in [-0.4, -0.2) is 31.9 Å². The molecule has 1 aliphatic heterocycles. The number of nitrogens with zero attached hydrogens (tertiary/aromatic N) is 3. The van der Waals surface area contributed by atoms with Crippen LogP contribution in [0.4, 0.5) is 5.00 Å². The molecule has 6 nitrogen and oxygen atoms in total. The predicted octanol–water partition coefficient (Wildman–Crippen LogP) is 2.62. The summed E-state index contributed by atoms with van der Waals surface area (Å²) >= 11 is 7.11. The van der Waals surface area contributed by atoms with Crippen molar-refractivity contribution in [3.63, 3.8) is 0 Å². The summed E-state index contributed by atoms with van der Waals surface area (Å²) in [6.07, 6.45) is 1.32. The Morgan fingerprint density at radius 1 is 1.29 bits per heavy atom. The van der Waals surface area contributed by atoms with Gasteiger partial charge in [0.05, 0.1) is 4.90 Å². The van der Waals surface area contributed by atoms with Gasteiger partial charge in [-0.3, -0.25) is 0 Å². The maximum Gasteiger partial charge on any atom is 0.240 e. The van der Waals surface area contributed by atoms with Gasteiger partial charge >= 0.3 is 0 Å². The fourth-order valence-corrected chi connectivity index (χ4v) is 5.07. The van der Waals surface area contributed by atoms with E-state index in [0.717, 1.165) is 5.00 Å². The molecule has 0 amide bonds. The largest absolute Gasteiger partial charge is 0.361 e. The number of piperidine rings is 1. The van der Waals surface area contributed by atoms with E-state index in [1.807, 2.05) is 4.90 Å². The molecular weight excluding hydrogens is 368 g/mol. The van der Waals surface area contributed by atoms with E-state index in [2.05, 4.69) is 15.2 Å². The molecule has 1 N–H and O–H groups in total. The summed E-state index contributed by atoms with van der Waals surface area (Å²) in [5.74, 6) is 0. The number of nitriles is 1. The van der Waals surface area contributed by atoms with Crippen molar-refractivity contribution in [1.82, 2.24) is 9.10 Å². The van der Waals surface area contributed by atoms with Crippen molar-refractivity contribution >= 4 is 38.2 Å². The van der Waals surface area contributed by atoms with Crippen LogP contribution in [0.25, 0.3) is 0 Å². The second-order valence-electron chi connectivity index (χ2n) is 5.46. The lowest BCUT2D eigenvalue weighted by molar-refractivity contribution is 0.461. The topological polar surface area (TPSA) is 86.1 Å². The second kappa shape index (κ2) is 7.07. The van der Waals surface area contributed by atoms with Gasteiger partial charge in [0.2, 0.25) is 10.0 Å². The number of halogens is 1. The number of rotatable bonds is 4. The van der Waals surface area contributed by atoms with Crippen molar-refractivity contribution in [3.8, 4) is 6.07 Å². The Hall–Kier alpha value is -1.66. The first kappa shape index (κ1) is 17.2. The molecule has 1 saturated heterocycles. The first-order valence-corrected chi connectivity index (χ1v) is 10.0. The van der Waals surface area contributed by atoms with Crippen molar-refractivity contribution < 1.29 is 8.42 Å². The lowest BCUT2D eigenvalue weighted by atomic mass is 10.1. The summed E-state index contributed by atoms with van der Waals surface area (Å²) in [6.45, 7) is 1.30. The third kappa shape index (κ3) is 3.54. The number of nitrogens with one attached hydrogen (secondary N) is 1. The Kier molecular flexibility index (Phi) is 5.06. The maximum absolute atomic E-state index is 12.4. The molecular formula is C15H15ClN4O2S2. The zero-order valence-corrected chi connectivity index (χ0v) is 15.0. The molecule has 9 heteroatoms. The molecule has 0 atom stereocenters. The number of hydrogen-bond donors (Lipinski definition) is 1. The van der Waals surface area contributed by atoms with Crippen LogP contribution in [0.1, 0.15) is 18.4 Å². The van der Waals surface area contributed by atoms with Gasteiger partial charge in [0.25, 0.3) is 0 Å². The number of benzene rings is 1. The van der Waals surface area contributed by atoms with E-state index in [1.54, 1.807) is 30.3 Å². The van der Waals surface area contributed by atoms with Crippen LogP contribution in [0.5, 0.6) is 0 Å². The highest BCUT2D eigenvalue weighted by atomic mass is 35.5. The molecule has 24 heavy (non-hydrogen) atoms. The molecule has 1 fully saturated rings. The maximum atomic E-state index is 12.4. The number of hydrogen-bond acceptors (Lipinski definition) is 6. The van der Waals surface area contributed by atoms with Crippen LogP contribution in [-0.2, 0) is 10.0 Å². The smallest absolute Gasteiger partial charge is 0.240 e. The van der Waals surface area contributed by atoms with Crippen LogP contribution >= 0.6 is 23.1 Å². The van der Waals surface area contributed by atoms with E-state index in [9.17, 15) is 8.42 Å². The van der Waals surface area contributed by atoms with E-state index in [1.165, 1.54) is 11.5 Å². The van der Waals surface area contributed by atoms with Gasteiger partial charge < -0.3 is 4.90 Å². The third-order valence-electron chi connectivity index (χ3n) is 3.90. The standard InChI is InChI=1S/C15H15ClN4O2S2/c16-14-13(10-17)15(23-18-14)20-8-6-11(7-9-20)19-24(21,22)12-4-2-1-3-5-12/h1-5,11,19H,6-9H2. The second-order valence-corrected chi connectivity index (χ2v) is 8.28. The minimum absolute atomic E-state index is 0.125. The molecule has 3 rings (SSSR count). The van der Waals surface area contributed by atoms with Gasteiger partial charge in [-0.1, -0.05) is 29.8 Å². The molecule has 0 saturated carbocycles. The van der Waals surface area contributed by atoms with Gasteiger partial charge in [0, 0.05) is 19.1 Å². The quantitative estimate of drug-likeness (QED) is 0.878. The van der Waals surface area contributed by atoms with Crippen molar-refractivity contribution in [1.29, 1.82) is 5.26 Å². The molecule has 1 aliphatic rings. The molecule has 126 valence electrons. The zero-order chi connectivity index (χ0) is 17.2. The fourth-order valence-electron chi connectivity index (χ4n) is 2.66. The average Bonchev–Trinajstić information content (AvgIpc) is 2.97. The van der Waals surface area contributed by atoms with Crippen molar-refractivity contribution in [2.24, 2.45) is 0 Å². The first-order valence-electron chi connectivity index (χ1n) is 7.39. The molecule has 2 aromatic rings. The van der Waals surface area contributed by atoms with E-state index in [0.29, 0.717) is 31.5 Å². The van der Waals surface area contributed by atoms with Gasteiger partial charge in [-0.05, 0) is 36.5 Å². The van der Waals surface area contributed by atoms with Crippen LogP contribution in [0.3, 0.4) is 0 Å². The van der Waals surface area contributed by atoms with Gasteiger partial charge in [0.15, 0.2) is 5.15 Å². The third-order valence-corrected chi connectivity index (χ3v) is 6.72. The zero-order valence-electron chi connectivity index (χ0n) is 12.6. The SMILES string of the molecule is N#Cc1c(Cl)nsc1N1CCC(NS(=O)(=O)c2ccccc2)CC1. The Morgan fingerprint density at radius 2 is 1.96 bits per heavy atom. The van der Waals surface area contributed by atoms with E-state index < -0.39 is 10.0 Å². The fraction of sp³-hybridized carbons (Fsp3) is 0.333. The summed E-state index contributed by atoms with van der Waals surface area (Å²) in [5, 5.41) is 10.1. The lowest BCUT2D eigenvalue weighted by Crippen LogP contribution is -2.44. The highest BCUT2D eigenvalue weighted by Crippen LogP contribution is 2.33. The van der Waals surface area contributed by atoms with Crippen LogP contribution in [0.2, 0.25) is 5.15 Å². The van der Waals surface area contributed by atoms with Gasteiger partial charge in [-0.15, -0.1) is 0 Å². The molecule has 0 aliphatic carbocycles. The average molecular weight is 383 g/mol. The van der Waals surface area contributed by atoms with Gasteiger partial charge in [-0.25, -0.2) is 13.1 Å². The lowest BCUT2D eigenvalue weighted by Gasteiger charge is -2.32. The van der Waals surface area contributed by atoms with Crippen molar-refractivity contribution in [2.75, 3.05) is 18.0 Å². The molecule has 0 bridgehead atoms. The van der Waals surface area contributed by atoms with E-state index >= 15 is 0 Å². The highest BCUT2D eigenvalue weighted by Gasteiger charge is 2.27. The molecule has 0 unspecified atom stereocenters. The molecule has 0 radical (unpaired) electrons. The van der Waals surface area contributed by atoms with E-state index in [-0.39, 0.29) is 16.1 Å². The Bertz CT molecular complexity index is 853. The predicted molar refractivity (Wildman–Crippen MR) is 93.8 cm³/mol.